The largest absolute Gasteiger partial charge is 0.478 e. The van der Waals surface area contributed by atoms with Gasteiger partial charge in [-0.05, 0) is 33.5 Å². The molecule has 2 amide bonds. The van der Waals surface area contributed by atoms with Gasteiger partial charge in [0.25, 0.3) is 0 Å². The monoisotopic (exact) mass is 337 g/mol. The van der Waals surface area contributed by atoms with Crippen molar-refractivity contribution in [2.75, 3.05) is 4.90 Å². The first-order chi connectivity index (χ1) is 9.28. The molecule has 1 aliphatic heterocycles. The summed E-state index contributed by atoms with van der Waals surface area (Å²) in [5, 5.41) is 9.23. The number of para-hydroxylation sites is 1. The summed E-state index contributed by atoms with van der Waals surface area (Å²) in [5.74, 6) is -2.44. The van der Waals surface area contributed by atoms with Crippen LogP contribution in [-0.2, 0) is 9.59 Å². The first-order valence-corrected chi connectivity index (χ1v) is 6.97. The highest BCUT2D eigenvalue weighted by atomic mass is 79.9. The molecule has 0 aromatic heterocycles. The fourth-order valence-electron chi connectivity index (χ4n) is 3.08. The number of aromatic carboxylic acids is 1. The minimum Gasteiger partial charge on any atom is -0.478 e. The second-order valence-electron chi connectivity index (χ2n) is 5.73. The van der Waals surface area contributed by atoms with E-state index in [-0.39, 0.29) is 40.3 Å². The third-order valence-electron chi connectivity index (χ3n) is 4.24. The Balaban J connectivity index is 2.11. The Labute approximate surface area is 123 Å². The molecule has 1 aromatic rings. The van der Waals surface area contributed by atoms with Crippen LogP contribution in [0.5, 0.6) is 0 Å². The van der Waals surface area contributed by atoms with E-state index in [0.29, 0.717) is 4.47 Å². The van der Waals surface area contributed by atoms with E-state index < -0.39 is 5.97 Å². The van der Waals surface area contributed by atoms with Crippen molar-refractivity contribution >= 4 is 39.4 Å². The van der Waals surface area contributed by atoms with E-state index in [2.05, 4.69) is 15.9 Å². The molecule has 1 saturated carbocycles. The van der Waals surface area contributed by atoms with Crippen LogP contribution >= 0.6 is 15.9 Å². The quantitative estimate of drug-likeness (QED) is 0.840. The maximum atomic E-state index is 12.4. The molecule has 2 fully saturated rings. The number of imide groups is 1. The molecule has 3 rings (SSSR count). The zero-order valence-corrected chi connectivity index (χ0v) is 12.5. The SMILES string of the molecule is CC1(C)C2C(=O)N(c3c(Br)cccc3C(=O)O)C(=O)C21. The van der Waals surface area contributed by atoms with Gasteiger partial charge in [-0.1, -0.05) is 19.9 Å². The Morgan fingerprint density at radius 2 is 1.80 bits per heavy atom. The minimum absolute atomic E-state index is 0.0554. The van der Waals surface area contributed by atoms with Crippen LogP contribution < -0.4 is 4.90 Å². The molecule has 2 atom stereocenters. The Bertz CT molecular complexity index is 643. The summed E-state index contributed by atoms with van der Waals surface area (Å²) >= 11 is 3.23. The van der Waals surface area contributed by atoms with Crippen LogP contribution in [-0.4, -0.2) is 22.9 Å². The number of hydrogen-bond donors (Lipinski definition) is 1. The molecule has 6 heteroatoms. The molecule has 2 aliphatic rings. The number of carbonyl (C=O) groups excluding carboxylic acids is 2. The van der Waals surface area contributed by atoms with Crippen molar-refractivity contribution in [3.05, 3.63) is 28.2 Å². The number of benzene rings is 1. The average molecular weight is 338 g/mol. The molecule has 1 heterocycles. The van der Waals surface area contributed by atoms with Gasteiger partial charge in [-0.25, -0.2) is 9.69 Å². The minimum atomic E-state index is -1.17. The number of rotatable bonds is 2. The Hall–Kier alpha value is -1.69. The third kappa shape index (κ3) is 1.51. The highest BCUT2D eigenvalue weighted by Gasteiger charge is 2.73. The van der Waals surface area contributed by atoms with Crippen molar-refractivity contribution in [1.82, 2.24) is 0 Å². The Kier molecular flexibility index (Phi) is 2.60. The zero-order valence-electron chi connectivity index (χ0n) is 10.9. The second-order valence-corrected chi connectivity index (χ2v) is 6.58. The zero-order chi connectivity index (χ0) is 14.8. The van der Waals surface area contributed by atoms with Crippen LogP contribution in [0.25, 0.3) is 0 Å². The molecule has 1 saturated heterocycles. The standard InChI is InChI=1S/C14H12BrNO4/c1-14(2)8-9(14)12(18)16(11(8)17)10-6(13(19)20)4-3-5-7(10)15/h3-5,8-9H,1-2H3,(H,19,20). The van der Waals surface area contributed by atoms with E-state index in [1.807, 2.05) is 13.8 Å². The Morgan fingerprint density at radius 1 is 1.25 bits per heavy atom. The number of halogens is 1. The lowest BCUT2D eigenvalue weighted by molar-refractivity contribution is -0.125. The summed E-state index contributed by atoms with van der Waals surface area (Å²) in [7, 11) is 0. The lowest BCUT2D eigenvalue weighted by atomic mass is 10.0. The van der Waals surface area contributed by atoms with Crippen LogP contribution in [0.15, 0.2) is 22.7 Å². The molecule has 0 spiro atoms. The first-order valence-electron chi connectivity index (χ1n) is 6.18. The predicted molar refractivity (Wildman–Crippen MR) is 74.4 cm³/mol. The number of fused-ring (bicyclic) bond motifs is 1. The van der Waals surface area contributed by atoms with Gasteiger partial charge < -0.3 is 5.11 Å². The molecular formula is C14H12BrNO4. The van der Waals surface area contributed by atoms with Gasteiger partial charge in [0.1, 0.15) is 0 Å². The molecular weight excluding hydrogens is 326 g/mol. The molecule has 5 nitrogen and oxygen atoms in total. The van der Waals surface area contributed by atoms with Crippen molar-refractivity contribution in [3.63, 3.8) is 0 Å². The van der Waals surface area contributed by atoms with Gasteiger partial charge in [0.05, 0.1) is 23.1 Å². The van der Waals surface area contributed by atoms with Gasteiger partial charge in [-0.2, -0.15) is 0 Å². The summed E-state index contributed by atoms with van der Waals surface area (Å²) in [5.41, 5.74) is -0.229. The number of carboxylic acid groups (broad SMARTS) is 1. The van der Waals surface area contributed by atoms with Crippen molar-refractivity contribution in [1.29, 1.82) is 0 Å². The summed E-state index contributed by atoms with van der Waals surface area (Å²) in [6.07, 6.45) is 0. The summed E-state index contributed by atoms with van der Waals surface area (Å²) in [6, 6.07) is 4.57. The lowest BCUT2D eigenvalue weighted by Crippen LogP contribution is -2.37. The lowest BCUT2D eigenvalue weighted by Gasteiger charge is -2.23. The van der Waals surface area contributed by atoms with E-state index in [9.17, 15) is 19.5 Å². The van der Waals surface area contributed by atoms with Crippen molar-refractivity contribution in [2.45, 2.75) is 13.8 Å². The number of carboxylic acids is 1. The van der Waals surface area contributed by atoms with Crippen molar-refractivity contribution < 1.29 is 19.5 Å². The fourth-order valence-corrected chi connectivity index (χ4v) is 3.63. The van der Waals surface area contributed by atoms with Gasteiger partial charge >= 0.3 is 5.97 Å². The Morgan fingerprint density at radius 3 is 2.30 bits per heavy atom. The van der Waals surface area contributed by atoms with Crippen molar-refractivity contribution in [2.24, 2.45) is 17.3 Å². The van der Waals surface area contributed by atoms with Gasteiger partial charge in [0, 0.05) is 4.47 Å². The predicted octanol–water partition coefficient (Wildman–Crippen LogP) is 2.29. The number of nitrogens with zero attached hydrogens (tertiary/aromatic N) is 1. The molecule has 0 bridgehead atoms. The number of hydrogen-bond acceptors (Lipinski definition) is 3. The molecule has 20 heavy (non-hydrogen) atoms. The van der Waals surface area contributed by atoms with Crippen LogP contribution in [0, 0.1) is 17.3 Å². The maximum absolute atomic E-state index is 12.4. The highest BCUT2D eigenvalue weighted by Crippen LogP contribution is 2.64. The molecule has 1 aromatic carbocycles. The van der Waals surface area contributed by atoms with Gasteiger partial charge in [0.2, 0.25) is 11.8 Å². The molecule has 1 aliphatic carbocycles. The van der Waals surface area contributed by atoms with Gasteiger partial charge in [0.15, 0.2) is 0 Å². The topological polar surface area (TPSA) is 74.7 Å². The summed E-state index contributed by atoms with van der Waals surface area (Å²) in [4.78, 5) is 37.1. The van der Waals surface area contributed by atoms with Crippen LogP contribution in [0.1, 0.15) is 24.2 Å². The summed E-state index contributed by atoms with van der Waals surface area (Å²) in [6.45, 7) is 3.77. The van der Waals surface area contributed by atoms with Gasteiger partial charge in [-0.15, -0.1) is 0 Å². The van der Waals surface area contributed by atoms with E-state index in [0.717, 1.165) is 4.90 Å². The van der Waals surface area contributed by atoms with Crippen LogP contribution in [0.2, 0.25) is 0 Å². The molecule has 0 radical (unpaired) electrons. The van der Waals surface area contributed by atoms with Crippen LogP contribution in [0.3, 0.4) is 0 Å². The number of anilines is 1. The highest BCUT2D eigenvalue weighted by molar-refractivity contribution is 9.10. The maximum Gasteiger partial charge on any atom is 0.337 e. The number of carbonyl (C=O) groups is 3. The number of piperidine rings is 1. The van der Waals surface area contributed by atoms with E-state index in [4.69, 9.17) is 0 Å². The molecule has 1 N–H and O–H groups in total. The molecule has 2 unspecified atom stereocenters. The third-order valence-corrected chi connectivity index (χ3v) is 4.88. The first kappa shape index (κ1) is 13.3. The summed E-state index contributed by atoms with van der Waals surface area (Å²) < 4.78 is 0.429. The second kappa shape index (κ2) is 3.91. The van der Waals surface area contributed by atoms with E-state index in [1.54, 1.807) is 12.1 Å². The smallest absolute Gasteiger partial charge is 0.337 e. The van der Waals surface area contributed by atoms with E-state index in [1.165, 1.54) is 6.07 Å². The van der Waals surface area contributed by atoms with E-state index >= 15 is 0 Å². The normalized spacial score (nSPS) is 26.6. The van der Waals surface area contributed by atoms with Gasteiger partial charge in [-0.3, -0.25) is 9.59 Å². The molecule has 104 valence electrons. The van der Waals surface area contributed by atoms with Crippen molar-refractivity contribution in [3.8, 4) is 0 Å². The average Bonchev–Trinajstić information content (AvgIpc) is 2.81. The fraction of sp³-hybridized carbons (Fsp3) is 0.357. The van der Waals surface area contributed by atoms with Crippen LogP contribution in [0.4, 0.5) is 5.69 Å². The number of amides is 2.